The third kappa shape index (κ3) is 4.23. The van der Waals surface area contributed by atoms with E-state index in [4.69, 9.17) is 4.74 Å². The number of carbonyl (C=O) groups is 2. The van der Waals surface area contributed by atoms with Gasteiger partial charge >= 0.3 is 12.0 Å². The summed E-state index contributed by atoms with van der Waals surface area (Å²) < 4.78 is 4.70. The summed E-state index contributed by atoms with van der Waals surface area (Å²) >= 11 is 0. The second-order valence-corrected chi connectivity index (χ2v) is 5.06. The maximum Gasteiger partial charge on any atom is 0.339 e. The number of carbonyl (C=O) groups excluding carboxylic acids is 2. The van der Waals surface area contributed by atoms with Crippen LogP contribution in [-0.2, 0) is 4.74 Å². The summed E-state index contributed by atoms with van der Waals surface area (Å²) in [6.45, 7) is 0. The number of rotatable bonds is 4. The van der Waals surface area contributed by atoms with Gasteiger partial charge in [0.1, 0.15) is 0 Å². The monoisotopic (exact) mass is 313 g/mol. The quantitative estimate of drug-likeness (QED) is 0.851. The lowest BCUT2D eigenvalue weighted by Crippen LogP contribution is -2.21. The third-order valence-corrected chi connectivity index (χ3v) is 3.22. The van der Waals surface area contributed by atoms with Crippen molar-refractivity contribution in [3.05, 3.63) is 54.1 Å². The Kier molecular flexibility index (Phi) is 5.19. The van der Waals surface area contributed by atoms with E-state index in [1.807, 2.05) is 31.1 Å². The molecule has 120 valence electrons. The summed E-state index contributed by atoms with van der Waals surface area (Å²) in [5.41, 5.74) is 2.38. The fourth-order valence-corrected chi connectivity index (χ4v) is 2.01. The Morgan fingerprint density at radius 3 is 2.22 bits per heavy atom. The first-order chi connectivity index (χ1) is 11.0. The molecule has 0 unspecified atom stereocenters. The fraction of sp³-hybridized carbons (Fsp3) is 0.176. The Morgan fingerprint density at radius 1 is 0.957 bits per heavy atom. The van der Waals surface area contributed by atoms with Crippen LogP contribution in [0.1, 0.15) is 10.4 Å². The molecule has 0 saturated carbocycles. The highest BCUT2D eigenvalue weighted by Gasteiger charge is 2.13. The number of anilines is 3. The summed E-state index contributed by atoms with van der Waals surface area (Å²) in [6.07, 6.45) is 0. The Bertz CT molecular complexity index is 696. The molecule has 2 rings (SSSR count). The van der Waals surface area contributed by atoms with E-state index in [-0.39, 0.29) is 0 Å². The summed E-state index contributed by atoms with van der Waals surface area (Å²) in [5.74, 6) is -0.503. The van der Waals surface area contributed by atoms with Gasteiger partial charge < -0.3 is 20.3 Å². The molecule has 0 spiro atoms. The van der Waals surface area contributed by atoms with Gasteiger partial charge in [0.05, 0.1) is 18.4 Å². The highest BCUT2D eigenvalue weighted by Crippen LogP contribution is 2.18. The number of hydrogen-bond donors (Lipinski definition) is 2. The van der Waals surface area contributed by atoms with E-state index in [0.29, 0.717) is 16.9 Å². The van der Waals surface area contributed by atoms with Crippen molar-refractivity contribution >= 4 is 29.1 Å². The van der Waals surface area contributed by atoms with E-state index in [9.17, 15) is 9.59 Å². The number of esters is 1. The molecule has 0 aliphatic carbocycles. The van der Waals surface area contributed by atoms with Crippen LogP contribution in [0.3, 0.4) is 0 Å². The summed E-state index contributed by atoms with van der Waals surface area (Å²) in [7, 11) is 5.18. The van der Waals surface area contributed by atoms with Crippen LogP contribution >= 0.6 is 0 Å². The van der Waals surface area contributed by atoms with E-state index in [2.05, 4.69) is 10.6 Å². The minimum Gasteiger partial charge on any atom is -0.465 e. The number of nitrogens with one attached hydrogen (secondary N) is 2. The van der Waals surface area contributed by atoms with Gasteiger partial charge in [-0.25, -0.2) is 9.59 Å². The van der Waals surface area contributed by atoms with Gasteiger partial charge in [-0.1, -0.05) is 12.1 Å². The first kappa shape index (κ1) is 16.4. The van der Waals surface area contributed by atoms with Crippen LogP contribution in [0.2, 0.25) is 0 Å². The van der Waals surface area contributed by atoms with E-state index in [1.165, 1.54) is 7.11 Å². The standard InChI is InChI=1S/C17H19N3O3/c1-20(2)13-10-8-12(9-11-13)18-17(22)19-15-7-5-4-6-14(15)16(21)23-3/h4-11H,1-3H3,(H2,18,19,22). The van der Waals surface area contributed by atoms with Crippen molar-refractivity contribution in [2.75, 3.05) is 36.7 Å². The minimum absolute atomic E-state index is 0.299. The predicted molar refractivity (Wildman–Crippen MR) is 91.2 cm³/mol. The Balaban J connectivity index is 2.07. The van der Waals surface area contributed by atoms with Crippen LogP contribution in [0.15, 0.2) is 48.5 Å². The van der Waals surface area contributed by atoms with Crippen molar-refractivity contribution in [3.8, 4) is 0 Å². The van der Waals surface area contributed by atoms with Gasteiger partial charge in [0.15, 0.2) is 0 Å². The molecule has 0 aliphatic rings. The predicted octanol–water partition coefficient (Wildman–Crippen LogP) is 3.18. The van der Waals surface area contributed by atoms with Crippen LogP contribution in [0.4, 0.5) is 21.9 Å². The molecule has 2 amide bonds. The van der Waals surface area contributed by atoms with Gasteiger partial charge in [-0.3, -0.25) is 0 Å². The first-order valence-corrected chi connectivity index (χ1v) is 7.04. The second-order valence-electron chi connectivity index (χ2n) is 5.06. The Labute approximate surface area is 135 Å². The number of nitrogens with zero attached hydrogens (tertiary/aromatic N) is 1. The van der Waals surface area contributed by atoms with Gasteiger partial charge in [0, 0.05) is 25.5 Å². The van der Waals surface area contributed by atoms with E-state index >= 15 is 0 Å². The van der Waals surface area contributed by atoms with Crippen LogP contribution in [-0.4, -0.2) is 33.2 Å². The van der Waals surface area contributed by atoms with Gasteiger partial charge in [-0.05, 0) is 36.4 Å². The molecule has 0 fully saturated rings. The van der Waals surface area contributed by atoms with Crippen LogP contribution in [0, 0.1) is 0 Å². The van der Waals surface area contributed by atoms with Crippen molar-refractivity contribution in [2.45, 2.75) is 0 Å². The van der Waals surface area contributed by atoms with E-state index in [1.54, 1.807) is 36.4 Å². The van der Waals surface area contributed by atoms with Crippen molar-refractivity contribution in [1.82, 2.24) is 0 Å². The topological polar surface area (TPSA) is 70.7 Å². The fourth-order valence-electron chi connectivity index (χ4n) is 2.01. The average molecular weight is 313 g/mol. The smallest absolute Gasteiger partial charge is 0.339 e. The number of benzene rings is 2. The molecular formula is C17H19N3O3. The molecule has 6 heteroatoms. The maximum absolute atomic E-state index is 12.1. The molecule has 6 nitrogen and oxygen atoms in total. The zero-order chi connectivity index (χ0) is 16.8. The molecule has 0 aromatic heterocycles. The lowest BCUT2D eigenvalue weighted by molar-refractivity contribution is 0.0602. The molecule has 0 bridgehead atoms. The van der Waals surface area contributed by atoms with Crippen LogP contribution in [0.5, 0.6) is 0 Å². The summed E-state index contributed by atoms with van der Waals surface area (Å²) in [5, 5.41) is 5.37. The van der Waals surface area contributed by atoms with E-state index < -0.39 is 12.0 Å². The lowest BCUT2D eigenvalue weighted by Gasteiger charge is -2.14. The van der Waals surface area contributed by atoms with Crippen LogP contribution < -0.4 is 15.5 Å². The van der Waals surface area contributed by atoms with Crippen LogP contribution in [0.25, 0.3) is 0 Å². The second kappa shape index (κ2) is 7.31. The summed E-state index contributed by atoms with van der Waals surface area (Å²) in [6, 6.07) is 13.6. The molecule has 2 N–H and O–H groups in total. The number of methoxy groups -OCH3 is 1. The number of para-hydroxylation sites is 1. The van der Waals surface area contributed by atoms with Gasteiger partial charge in [0.2, 0.25) is 0 Å². The highest BCUT2D eigenvalue weighted by atomic mass is 16.5. The Morgan fingerprint density at radius 2 is 1.61 bits per heavy atom. The zero-order valence-electron chi connectivity index (χ0n) is 13.3. The molecular weight excluding hydrogens is 294 g/mol. The Hall–Kier alpha value is -3.02. The maximum atomic E-state index is 12.1. The van der Waals surface area contributed by atoms with Gasteiger partial charge in [-0.2, -0.15) is 0 Å². The lowest BCUT2D eigenvalue weighted by atomic mass is 10.2. The van der Waals surface area contributed by atoms with Crippen molar-refractivity contribution in [1.29, 1.82) is 0 Å². The molecule has 2 aromatic rings. The minimum atomic E-state index is -0.503. The largest absolute Gasteiger partial charge is 0.465 e. The SMILES string of the molecule is COC(=O)c1ccccc1NC(=O)Nc1ccc(N(C)C)cc1. The zero-order valence-corrected chi connectivity index (χ0v) is 13.3. The number of ether oxygens (including phenoxy) is 1. The van der Waals surface area contributed by atoms with Crippen molar-refractivity contribution in [2.24, 2.45) is 0 Å². The van der Waals surface area contributed by atoms with Crippen molar-refractivity contribution in [3.63, 3.8) is 0 Å². The third-order valence-electron chi connectivity index (χ3n) is 3.22. The number of hydrogen-bond acceptors (Lipinski definition) is 4. The molecule has 0 heterocycles. The summed E-state index contributed by atoms with van der Waals surface area (Å²) in [4.78, 5) is 25.7. The molecule has 0 saturated heterocycles. The molecule has 0 atom stereocenters. The first-order valence-electron chi connectivity index (χ1n) is 7.04. The number of amides is 2. The molecule has 0 radical (unpaired) electrons. The highest BCUT2D eigenvalue weighted by molar-refractivity contribution is 6.05. The average Bonchev–Trinajstić information content (AvgIpc) is 2.55. The molecule has 23 heavy (non-hydrogen) atoms. The molecule has 0 aliphatic heterocycles. The molecule has 2 aromatic carbocycles. The van der Waals surface area contributed by atoms with Crippen molar-refractivity contribution < 1.29 is 14.3 Å². The van der Waals surface area contributed by atoms with Gasteiger partial charge in [-0.15, -0.1) is 0 Å². The van der Waals surface area contributed by atoms with Gasteiger partial charge in [0.25, 0.3) is 0 Å². The normalized spacial score (nSPS) is 9.87. The number of urea groups is 1. The van der Waals surface area contributed by atoms with E-state index in [0.717, 1.165) is 5.69 Å².